The zero-order valence-corrected chi connectivity index (χ0v) is 19.4. The number of thiocarbonyl (C=S) groups is 1. The molecule has 1 aliphatic rings. The van der Waals surface area contributed by atoms with Crippen LogP contribution in [0.2, 0.25) is 5.02 Å². The van der Waals surface area contributed by atoms with Gasteiger partial charge in [-0.05, 0) is 67.7 Å². The van der Waals surface area contributed by atoms with E-state index in [0.29, 0.717) is 28.6 Å². The Balaban J connectivity index is 2.10. The Hall–Kier alpha value is -2.42. The molecule has 1 heterocycles. The second kappa shape index (κ2) is 9.59. The van der Waals surface area contributed by atoms with E-state index < -0.39 is 5.97 Å². The summed E-state index contributed by atoms with van der Waals surface area (Å²) in [4.78, 5) is 28.1. The van der Waals surface area contributed by atoms with Gasteiger partial charge in [-0.2, -0.15) is 0 Å². The van der Waals surface area contributed by atoms with E-state index in [0.717, 1.165) is 4.47 Å². The molecule has 0 atom stereocenters. The van der Waals surface area contributed by atoms with Crippen LogP contribution in [-0.4, -0.2) is 42.2 Å². The summed E-state index contributed by atoms with van der Waals surface area (Å²) in [6.45, 7) is 2.14. The van der Waals surface area contributed by atoms with Crippen molar-refractivity contribution in [1.29, 1.82) is 0 Å². The molecule has 3 rings (SSSR count). The Morgan fingerprint density at radius 1 is 1.23 bits per heavy atom. The van der Waals surface area contributed by atoms with Gasteiger partial charge in [0.2, 0.25) is 0 Å². The van der Waals surface area contributed by atoms with Crippen molar-refractivity contribution >= 4 is 68.5 Å². The maximum atomic E-state index is 13.3. The van der Waals surface area contributed by atoms with Crippen LogP contribution in [0.15, 0.2) is 52.6 Å². The molecule has 2 aromatic carbocycles. The number of esters is 1. The van der Waals surface area contributed by atoms with Gasteiger partial charge in [-0.25, -0.2) is 0 Å². The van der Waals surface area contributed by atoms with Gasteiger partial charge in [0.15, 0.2) is 5.11 Å². The molecular formula is C21H18BrClN2O4S. The van der Waals surface area contributed by atoms with Gasteiger partial charge < -0.3 is 14.4 Å². The third-order valence-corrected chi connectivity index (χ3v) is 5.45. The number of amides is 1. The summed E-state index contributed by atoms with van der Waals surface area (Å²) in [5, 5.41) is 0.709. The molecule has 0 spiro atoms. The molecule has 2 aromatic rings. The summed E-state index contributed by atoms with van der Waals surface area (Å²) in [5.41, 5.74) is 1.46. The Labute approximate surface area is 193 Å². The van der Waals surface area contributed by atoms with E-state index in [1.54, 1.807) is 36.4 Å². The molecular weight excluding hydrogens is 492 g/mol. The van der Waals surface area contributed by atoms with E-state index in [-0.39, 0.29) is 23.3 Å². The minimum Gasteiger partial charge on any atom is -0.493 e. The maximum absolute atomic E-state index is 13.3. The first-order valence-corrected chi connectivity index (χ1v) is 10.6. The monoisotopic (exact) mass is 508 g/mol. The minimum absolute atomic E-state index is 0.173. The molecule has 0 bridgehead atoms. The fraction of sp³-hybridized carbons (Fsp3) is 0.190. The van der Waals surface area contributed by atoms with Crippen molar-refractivity contribution in [1.82, 2.24) is 4.90 Å². The maximum Gasteiger partial charge on any atom is 0.325 e. The number of ether oxygens (including phenoxy) is 2. The topological polar surface area (TPSA) is 59.1 Å². The van der Waals surface area contributed by atoms with Crippen LogP contribution in [0.5, 0.6) is 5.75 Å². The van der Waals surface area contributed by atoms with Crippen LogP contribution in [0.1, 0.15) is 12.5 Å². The average Bonchev–Trinajstić information content (AvgIpc) is 2.94. The molecule has 0 unspecified atom stereocenters. The summed E-state index contributed by atoms with van der Waals surface area (Å²) in [6, 6.07) is 12.2. The van der Waals surface area contributed by atoms with E-state index in [1.165, 1.54) is 16.9 Å². The molecule has 1 aliphatic heterocycles. The Bertz CT molecular complexity index is 1030. The first-order chi connectivity index (χ1) is 14.3. The quantitative estimate of drug-likeness (QED) is 0.321. The molecule has 6 nitrogen and oxygen atoms in total. The summed E-state index contributed by atoms with van der Waals surface area (Å²) >= 11 is 14.9. The number of methoxy groups -OCH3 is 1. The first-order valence-electron chi connectivity index (χ1n) is 8.98. The number of carbonyl (C=O) groups is 2. The molecule has 156 valence electrons. The molecule has 1 saturated heterocycles. The molecule has 1 amide bonds. The summed E-state index contributed by atoms with van der Waals surface area (Å²) in [5.74, 6) is -0.281. The van der Waals surface area contributed by atoms with E-state index in [2.05, 4.69) is 15.9 Å². The highest BCUT2D eigenvalue weighted by Gasteiger charge is 2.40. The van der Waals surface area contributed by atoms with Crippen molar-refractivity contribution in [3.63, 3.8) is 0 Å². The molecule has 30 heavy (non-hydrogen) atoms. The van der Waals surface area contributed by atoms with Crippen molar-refractivity contribution in [3.05, 3.63) is 63.2 Å². The van der Waals surface area contributed by atoms with Crippen LogP contribution < -0.4 is 9.64 Å². The van der Waals surface area contributed by atoms with Crippen LogP contribution in [0, 0.1) is 0 Å². The minimum atomic E-state index is -0.520. The Morgan fingerprint density at radius 3 is 2.57 bits per heavy atom. The number of carbonyl (C=O) groups excluding carboxylic acids is 2. The summed E-state index contributed by atoms with van der Waals surface area (Å²) in [7, 11) is 1.28. The standard InChI is InChI=1S/C21H18BrClN2O4S/c1-3-29-18-9-4-14(22)10-13(18)11-17-20(27)25(16-7-5-15(23)6-8-16)21(30)24(17)12-19(26)28-2/h4-11H,3,12H2,1-2H3/b17-11-. The molecule has 1 fully saturated rings. The van der Waals surface area contributed by atoms with Gasteiger partial charge in [0.25, 0.3) is 5.91 Å². The molecule has 0 aromatic heterocycles. The average molecular weight is 510 g/mol. The predicted octanol–water partition coefficient (Wildman–Crippen LogP) is 4.65. The first kappa shape index (κ1) is 22.3. The van der Waals surface area contributed by atoms with Crippen molar-refractivity contribution in [3.8, 4) is 5.75 Å². The molecule has 9 heteroatoms. The summed E-state index contributed by atoms with van der Waals surface area (Å²) < 4.78 is 11.3. The van der Waals surface area contributed by atoms with Gasteiger partial charge in [0.05, 0.1) is 19.4 Å². The van der Waals surface area contributed by atoms with Crippen molar-refractivity contribution in [2.45, 2.75) is 6.92 Å². The van der Waals surface area contributed by atoms with Gasteiger partial charge in [-0.3, -0.25) is 14.5 Å². The van der Waals surface area contributed by atoms with Crippen LogP contribution in [0.3, 0.4) is 0 Å². The van der Waals surface area contributed by atoms with Crippen LogP contribution in [0.4, 0.5) is 5.69 Å². The Morgan fingerprint density at radius 2 is 1.93 bits per heavy atom. The lowest BCUT2D eigenvalue weighted by atomic mass is 10.1. The van der Waals surface area contributed by atoms with Gasteiger partial charge in [0, 0.05) is 15.1 Å². The second-order valence-electron chi connectivity index (χ2n) is 6.21. The number of hydrogen-bond acceptors (Lipinski definition) is 5. The summed E-state index contributed by atoms with van der Waals surface area (Å²) in [6.07, 6.45) is 1.66. The highest BCUT2D eigenvalue weighted by Crippen LogP contribution is 2.32. The normalized spacial score (nSPS) is 15.1. The third kappa shape index (κ3) is 4.66. The van der Waals surface area contributed by atoms with Crippen molar-refractivity contribution in [2.24, 2.45) is 0 Å². The highest BCUT2D eigenvalue weighted by atomic mass is 79.9. The van der Waals surface area contributed by atoms with Gasteiger partial charge in [-0.1, -0.05) is 27.5 Å². The van der Waals surface area contributed by atoms with Gasteiger partial charge in [-0.15, -0.1) is 0 Å². The largest absolute Gasteiger partial charge is 0.493 e. The lowest BCUT2D eigenvalue weighted by Crippen LogP contribution is -2.35. The van der Waals surface area contributed by atoms with Gasteiger partial charge >= 0.3 is 5.97 Å². The number of anilines is 1. The Kier molecular flexibility index (Phi) is 7.12. The van der Waals surface area contributed by atoms with E-state index in [9.17, 15) is 9.59 Å². The van der Waals surface area contributed by atoms with E-state index >= 15 is 0 Å². The SMILES string of the molecule is CCOc1ccc(Br)cc1/C=C1/C(=O)N(c2ccc(Cl)cc2)C(=S)N1CC(=O)OC. The third-order valence-electron chi connectivity index (χ3n) is 4.30. The van der Waals surface area contributed by atoms with Crippen molar-refractivity contribution < 1.29 is 19.1 Å². The van der Waals surface area contributed by atoms with E-state index in [1.807, 2.05) is 19.1 Å². The van der Waals surface area contributed by atoms with Crippen molar-refractivity contribution in [2.75, 3.05) is 25.2 Å². The van der Waals surface area contributed by atoms with Crippen LogP contribution in [0.25, 0.3) is 6.08 Å². The number of nitrogens with zero attached hydrogens (tertiary/aromatic N) is 2. The molecule has 0 aliphatic carbocycles. The number of benzene rings is 2. The van der Waals surface area contributed by atoms with Gasteiger partial charge in [0.1, 0.15) is 18.0 Å². The fourth-order valence-electron chi connectivity index (χ4n) is 2.91. The zero-order chi connectivity index (χ0) is 21.8. The smallest absolute Gasteiger partial charge is 0.325 e. The van der Waals surface area contributed by atoms with E-state index in [4.69, 9.17) is 33.3 Å². The number of rotatable bonds is 6. The number of hydrogen-bond donors (Lipinski definition) is 0. The molecule has 0 saturated carbocycles. The lowest BCUT2D eigenvalue weighted by molar-refractivity contribution is -0.140. The molecule has 0 N–H and O–H groups in total. The fourth-order valence-corrected chi connectivity index (χ4v) is 3.77. The predicted molar refractivity (Wildman–Crippen MR) is 124 cm³/mol. The molecule has 0 radical (unpaired) electrons. The number of halogens is 2. The highest BCUT2D eigenvalue weighted by molar-refractivity contribution is 9.10. The second-order valence-corrected chi connectivity index (χ2v) is 7.92. The van der Waals surface area contributed by atoms with Crippen LogP contribution >= 0.6 is 39.7 Å². The zero-order valence-electron chi connectivity index (χ0n) is 16.2. The van der Waals surface area contributed by atoms with Crippen LogP contribution in [-0.2, 0) is 14.3 Å². The lowest BCUT2D eigenvalue weighted by Gasteiger charge is -2.19.